The first kappa shape index (κ1) is 31.5. The maximum absolute atomic E-state index is 12.8. The molecule has 0 aliphatic rings. The van der Waals surface area contributed by atoms with E-state index in [2.05, 4.69) is 26.8 Å². The number of benzene rings is 1. The lowest BCUT2D eigenvalue weighted by Crippen LogP contribution is -2.58. The molecule has 1 rings (SSSR count). The lowest BCUT2D eigenvalue weighted by atomic mass is 10.1. The van der Waals surface area contributed by atoms with Gasteiger partial charge in [0, 0.05) is 20.5 Å². The summed E-state index contributed by atoms with van der Waals surface area (Å²) in [6.45, 7) is 8.05. The molecule has 0 bridgehead atoms. The highest BCUT2D eigenvalue weighted by Crippen LogP contribution is 2.08. The number of rotatable bonds is 10. The molecule has 0 aliphatic heterocycles. The minimum atomic E-state index is -1.43. The van der Waals surface area contributed by atoms with Gasteiger partial charge in [-0.3, -0.25) is 40.1 Å². The van der Waals surface area contributed by atoms with Crippen LogP contribution in [0.3, 0.4) is 0 Å². The summed E-state index contributed by atoms with van der Waals surface area (Å²) in [6, 6.07) is 5.57. The average molecular weight is 523 g/mol. The Kier molecular flexibility index (Phi) is 12.1. The van der Waals surface area contributed by atoms with Crippen molar-refractivity contribution in [3.63, 3.8) is 0 Å². The molecule has 1 aromatic rings. The molecule has 37 heavy (non-hydrogen) atoms. The zero-order valence-corrected chi connectivity index (χ0v) is 22.2. The van der Waals surface area contributed by atoms with Crippen molar-refractivity contribution >= 4 is 29.5 Å². The fourth-order valence-electron chi connectivity index (χ4n) is 2.97. The van der Waals surface area contributed by atoms with Crippen LogP contribution < -0.4 is 26.8 Å². The number of nitrogens with one attached hydrogen (secondary N) is 5. The number of carbonyl (C=O) groups excluding carboxylic acids is 5. The van der Waals surface area contributed by atoms with Gasteiger partial charge in [-0.15, -0.1) is 0 Å². The predicted octanol–water partition coefficient (Wildman–Crippen LogP) is -1.48. The number of nitrogens with zero attached hydrogens (tertiary/aromatic N) is 1. The van der Waals surface area contributed by atoms with Gasteiger partial charge in [0.05, 0.1) is 11.6 Å². The number of likely N-dealkylation sites (N-methyl/N-ethyl adjacent to an activating group) is 1. The largest absolute Gasteiger partial charge is 0.356 e. The Labute approximate surface area is 216 Å². The van der Waals surface area contributed by atoms with Crippen LogP contribution in [-0.2, 0) is 35.1 Å². The highest BCUT2D eigenvalue weighted by atomic mass is 16.6. The molecule has 6 N–H and O–H groups in total. The van der Waals surface area contributed by atoms with Gasteiger partial charge in [0.1, 0.15) is 12.1 Å². The molecular formula is C24H38N6O7. The summed E-state index contributed by atoms with van der Waals surface area (Å²) in [5.74, 6) is -4.12. The van der Waals surface area contributed by atoms with Crippen molar-refractivity contribution in [2.24, 2.45) is 0 Å². The van der Waals surface area contributed by atoms with Crippen LogP contribution in [0.1, 0.15) is 40.2 Å². The number of amides is 5. The van der Waals surface area contributed by atoms with Gasteiger partial charge < -0.3 is 25.4 Å². The fraction of sp³-hybridized carbons (Fsp3) is 0.542. The Morgan fingerprint density at radius 3 is 1.97 bits per heavy atom. The van der Waals surface area contributed by atoms with Crippen LogP contribution in [-0.4, -0.2) is 83.8 Å². The van der Waals surface area contributed by atoms with E-state index in [0.29, 0.717) is 5.56 Å². The summed E-state index contributed by atoms with van der Waals surface area (Å²) < 4.78 is 5.28. The standard InChI is InChI=1S/C24H38N6O7/c1-14(26-23(36)37-24(3,4)5)18(31)28-29-19(32)17(13-16-11-9-8-10-12-16)27-21(34)20(33)25-15(2)22(35)30(6)7/h8-12,14-15,17,23,26,36H,13H2,1-7H3,(H,25,33)(H,27,34)(H,28,31)(H,29,32)/t14-,15-,17-,23?/m0/s1. The molecule has 0 radical (unpaired) electrons. The summed E-state index contributed by atoms with van der Waals surface area (Å²) in [5, 5.41) is 17.0. The summed E-state index contributed by atoms with van der Waals surface area (Å²) in [5.41, 5.74) is 4.44. The number of ether oxygens (including phenoxy) is 1. The second-order valence-corrected chi connectivity index (χ2v) is 9.59. The van der Waals surface area contributed by atoms with Gasteiger partial charge in [0.2, 0.25) is 12.3 Å². The third kappa shape index (κ3) is 11.8. The summed E-state index contributed by atoms with van der Waals surface area (Å²) >= 11 is 0. The Morgan fingerprint density at radius 1 is 0.892 bits per heavy atom. The molecular weight excluding hydrogens is 484 g/mol. The first-order valence-electron chi connectivity index (χ1n) is 11.7. The molecule has 5 amide bonds. The number of hydrogen-bond donors (Lipinski definition) is 6. The SMILES string of the molecule is C[C@H](NC(O)OC(C)(C)C)C(=O)NNC(=O)[C@H](Cc1ccccc1)NC(=O)C(=O)N[C@@H](C)C(=O)N(C)C. The quantitative estimate of drug-likeness (QED) is 0.122. The molecule has 1 unspecified atom stereocenters. The van der Waals surface area contributed by atoms with E-state index in [4.69, 9.17) is 4.74 Å². The molecule has 4 atom stereocenters. The van der Waals surface area contributed by atoms with Crippen molar-refractivity contribution in [2.75, 3.05) is 14.1 Å². The van der Waals surface area contributed by atoms with Crippen molar-refractivity contribution in [2.45, 2.75) is 71.2 Å². The zero-order valence-electron chi connectivity index (χ0n) is 22.2. The lowest BCUT2D eigenvalue weighted by molar-refractivity contribution is -0.186. The van der Waals surface area contributed by atoms with Crippen LogP contribution in [0.5, 0.6) is 0 Å². The van der Waals surface area contributed by atoms with Gasteiger partial charge in [0.25, 0.3) is 11.8 Å². The fourth-order valence-corrected chi connectivity index (χ4v) is 2.97. The molecule has 13 heteroatoms. The van der Waals surface area contributed by atoms with Crippen molar-refractivity contribution in [3.8, 4) is 0 Å². The minimum absolute atomic E-state index is 0.0136. The van der Waals surface area contributed by atoms with E-state index in [0.717, 1.165) is 0 Å². The van der Waals surface area contributed by atoms with Crippen LogP contribution in [0.15, 0.2) is 30.3 Å². The summed E-state index contributed by atoms with van der Waals surface area (Å²) in [4.78, 5) is 63.2. The van der Waals surface area contributed by atoms with Gasteiger partial charge in [-0.2, -0.15) is 0 Å². The van der Waals surface area contributed by atoms with Gasteiger partial charge in [-0.1, -0.05) is 30.3 Å². The van der Waals surface area contributed by atoms with Crippen LogP contribution in [0, 0.1) is 0 Å². The molecule has 1 aromatic carbocycles. The summed E-state index contributed by atoms with van der Waals surface area (Å²) in [7, 11) is 3.02. The highest BCUT2D eigenvalue weighted by Gasteiger charge is 2.28. The molecule has 206 valence electrons. The second-order valence-electron chi connectivity index (χ2n) is 9.59. The maximum Gasteiger partial charge on any atom is 0.309 e. The predicted molar refractivity (Wildman–Crippen MR) is 134 cm³/mol. The third-order valence-electron chi connectivity index (χ3n) is 4.83. The van der Waals surface area contributed by atoms with Crippen molar-refractivity contribution in [3.05, 3.63) is 35.9 Å². The van der Waals surface area contributed by atoms with Crippen molar-refractivity contribution in [1.29, 1.82) is 0 Å². The molecule has 0 saturated carbocycles. The Balaban J connectivity index is 2.82. The van der Waals surface area contributed by atoms with E-state index < -0.39 is 59.7 Å². The zero-order chi connectivity index (χ0) is 28.3. The van der Waals surface area contributed by atoms with Gasteiger partial charge in [-0.05, 0) is 40.2 Å². The smallest absolute Gasteiger partial charge is 0.309 e. The highest BCUT2D eigenvalue weighted by molar-refractivity contribution is 6.35. The number of hydrazine groups is 1. The van der Waals surface area contributed by atoms with E-state index in [9.17, 15) is 29.1 Å². The minimum Gasteiger partial charge on any atom is -0.356 e. The van der Waals surface area contributed by atoms with Crippen molar-refractivity contribution < 1.29 is 33.8 Å². The van der Waals surface area contributed by atoms with Gasteiger partial charge in [-0.25, -0.2) is 0 Å². The van der Waals surface area contributed by atoms with Gasteiger partial charge in [0.15, 0.2) is 0 Å². The number of carbonyl (C=O) groups is 5. The molecule has 0 aliphatic carbocycles. The molecule has 0 aromatic heterocycles. The Hall–Kier alpha value is -3.55. The van der Waals surface area contributed by atoms with E-state index in [1.54, 1.807) is 51.1 Å². The first-order chi connectivity index (χ1) is 17.1. The van der Waals surface area contributed by atoms with Crippen LogP contribution >= 0.6 is 0 Å². The molecule has 0 fully saturated rings. The molecule has 0 spiro atoms. The van der Waals surface area contributed by atoms with E-state index in [1.807, 2.05) is 0 Å². The van der Waals surface area contributed by atoms with E-state index >= 15 is 0 Å². The van der Waals surface area contributed by atoms with E-state index in [-0.39, 0.29) is 6.42 Å². The number of aliphatic hydroxyl groups excluding tert-OH is 1. The Bertz CT molecular complexity index is 949. The Morgan fingerprint density at radius 2 is 1.43 bits per heavy atom. The van der Waals surface area contributed by atoms with Crippen LogP contribution in [0.2, 0.25) is 0 Å². The van der Waals surface area contributed by atoms with Crippen LogP contribution in [0.25, 0.3) is 0 Å². The normalized spacial score (nSPS) is 14.4. The average Bonchev–Trinajstić information content (AvgIpc) is 2.80. The van der Waals surface area contributed by atoms with Crippen LogP contribution in [0.4, 0.5) is 0 Å². The summed E-state index contributed by atoms with van der Waals surface area (Å²) in [6.07, 6.45) is -1.42. The molecule has 0 saturated heterocycles. The van der Waals surface area contributed by atoms with Gasteiger partial charge >= 0.3 is 11.8 Å². The number of hydrogen-bond acceptors (Lipinski definition) is 8. The maximum atomic E-state index is 12.8. The second kappa shape index (κ2) is 14.3. The number of aliphatic hydroxyl groups is 1. The third-order valence-corrected chi connectivity index (χ3v) is 4.83. The monoisotopic (exact) mass is 522 g/mol. The molecule has 0 heterocycles. The van der Waals surface area contributed by atoms with Crippen molar-refractivity contribution in [1.82, 2.24) is 31.7 Å². The molecule has 13 nitrogen and oxygen atoms in total. The lowest BCUT2D eigenvalue weighted by Gasteiger charge is -2.26. The van der Waals surface area contributed by atoms with E-state index in [1.165, 1.54) is 32.8 Å². The topological polar surface area (TPSA) is 178 Å². The first-order valence-corrected chi connectivity index (χ1v) is 11.7.